The third kappa shape index (κ3) is 5.08. The van der Waals surface area contributed by atoms with Crippen LogP contribution in [0.2, 0.25) is 0 Å². The van der Waals surface area contributed by atoms with Crippen molar-refractivity contribution in [1.29, 1.82) is 0 Å². The van der Waals surface area contributed by atoms with E-state index in [9.17, 15) is 8.78 Å². The average molecular weight is 477 g/mol. The van der Waals surface area contributed by atoms with Crippen LogP contribution in [-0.4, -0.2) is 9.97 Å². The second-order valence-corrected chi connectivity index (χ2v) is 9.90. The van der Waals surface area contributed by atoms with Gasteiger partial charge in [-0.2, -0.15) is 0 Å². The van der Waals surface area contributed by atoms with Crippen molar-refractivity contribution >= 4 is 23.2 Å². The van der Waals surface area contributed by atoms with Gasteiger partial charge in [0, 0.05) is 0 Å². The van der Waals surface area contributed by atoms with E-state index >= 15 is 0 Å². The normalized spacial score (nSPS) is 11.9. The molecule has 0 saturated heterocycles. The second-order valence-electron chi connectivity index (χ2n) is 9.90. The lowest BCUT2D eigenvalue weighted by atomic mass is 9.87. The molecule has 0 saturated carbocycles. The van der Waals surface area contributed by atoms with Crippen molar-refractivity contribution in [3.8, 4) is 22.3 Å². The Labute approximate surface area is 210 Å². The van der Waals surface area contributed by atoms with Crippen molar-refractivity contribution in [2.24, 2.45) is 0 Å². The Hall–Kier alpha value is -4.18. The van der Waals surface area contributed by atoms with Crippen LogP contribution in [-0.2, 0) is 5.41 Å². The number of nitrogens with zero attached hydrogens (tertiary/aromatic N) is 2. The van der Waals surface area contributed by atoms with Gasteiger partial charge < -0.3 is 0 Å². The van der Waals surface area contributed by atoms with Crippen LogP contribution < -0.4 is 0 Å². The van der Waals surface area contributed by atoms with Crippen molar-refractivity contribution in [2.45, 2.75) is 26.2 Å². The molecule has 178 valence electrons. The highest BCUT2D eigenvalue weighted by Crippen LogP contribution is 2.35. The standard InChI is InChI=1S/C32H26F2N2/c1-32(2,3)24-11-4-21(5-12-24)6-17-27-20-35-30-18-28(22-7-13-25(33)14-8-22)29(19-31(30)36-27)23-9-15-26(34)16-10-23/h4-20H,1-3H3/b17-6+. The summed E-state index contributed by atoms with van der Waals surface area (Å²) in [7, 11) is 0. The first kappa shape index (κ1) is 23.6. The summed E-state index contributed by atoms with van der Waals surface area (Å²) in [5, 5.41) is 0. The molecule has 36 heavy (non-hydrogen) atoms. The van der Waals surface area contributed by atoms with Crippen molar-refractivity contribution < 1.29 is 8.78 Å². The molecule has 0 aliphatic heterocycles. The fourth-order valence-corrected chi connectivity index (χ4v) is 4.17. The highest BCUT2D eigenvalue weighted by molar-refractivity contribution is 5.93. The third-order valence-corrected chi connectivity index (χ3v) is 6.23. The summed E-state index contributed by atoms with van der Waals surface area (Å²) >= 11 is 0. The van der Waals surface area contributed by atoms with E-state index in [1.54, 1.807) is 30.5 Å². The summed E-state index contributed by atoms with van der Waals surface area (Å²) in [6.07, 6.45) is 5.72. The predicted molar refractivity (Wildman–Crippen MR) is 144 cm³/mol. The van der Waals surface area contributed by atoms with E-state index in [-0.39, 0.29) is 17.0 Å². The minimum absolute atomic E-state index is 0.112. The van der Waals surface area contributed by atoms with E-state index in [0.717, 1.165) is 44.5 Å². The summed E-state index contributed by atoms with van der Waals surface area (Å²) < 4.78 is 27.2. The lowest BCUT2D eigenvalue weighted by Gasteiger charge is -2.18. The quantitative estimate of drug-likeness (QED) is 0.259. The predicted octanol–water partition coefficient (Wildman–Crippen LogP) is 8.71. The van der Waals surface area contributed by atoms with Crippen molar-refractivity contribution in [3.63, 3.8) is 0 Å². The summed E-state index contributed by atoms with van der Waals surface area (Å²) in [5.74, 6) is -0.599. The number of fused-ring (bicyclic) bond motifs is 1. The lowest BCUT2D eigenvalue weighted by Crippen LogP contribution is -2.10. The summed E-state index contributed by atoms with van der Waals surface area (Å²) in [6, 6.07) is 25.1. The summed E-state index contributed by atoms with van der Waals surface area (Å²) in [4.78, 5) is 9.46. The fraction of sp³-hybridized carbons (Fsp3) is 0.125. The fourth-order valence-electron chi connectivity index (χ4n) is 4.17. The molecule has 0 aliphatic rings. The molecule has 4 aromatic carbocycles. The zero-order chi connectivity index (χ0) is 25.3. The molecule has 0 spiro atoms. The van der Waals surface area contributed by atoms with Crippen LogP contribution in [0.5, 0.6) is 0 Å². The molecule has 0 N–H and O–H groups in total. The minimum Gasteiger partial charge on any atom is -0.252 e. The minimum atomic E-state index is -0.300. The molecule has 0 fully saturated rings. The van der Waals surface area contributed by atoms with Gasteiger partial charge in [0.05, 0.1) is 22.9 Å². The molecule has 0 unspecified atom stereocenters. The van der Waals surface area contributed by atoms with Crippen LogP contribution in [0.4, 0.5) is 8.78 Å². The molecule has 5 aromatic rings. The van der Waals surface area contributed by atoms with Crippen molar-refractivity contribution in [2.75, 3.05) is 0 Å². The van der Waals surface area contributed by atoms with Crippen LogP contribution in [0.3, 0.4) is 0 Å². The van der Waals surface area contributed by atoms with Crippen LogP contribution in [0.1, 0.15) is 37.6 Å². The average Bonchev–Trinajstić information content (AvgIpc) is 2.87. The Morgan fingerprint density at radius 2 is 1.17 bits per heavy atom. The first-order valence-electron chi connectivity index (χ1n) is 11.9. The number of aromatic nitrogens is 2. The van der Waals surface area contributed by atoms with E-state index in [1.807, 2.05) is 24.3 Å². The van der Waals surface area contributed by atoms with Crippen LogP contribution in [0.25, 0.3) is 45.4 Å². The van der Waals surface area contributed by atoms with Gasteiger partial charge in [0.2, 0.25) is 0 Å². The zero-order valence-corrected chi connectivity index (χ0v) is 20.5. The maximum atomic E-state index is 13.6. The van der Waals surface area contributed by atoms with E-state index < -0.39 is 0 Å². The van der Waals surface area contributed by atoms with Gasteiger partial charge in [-0.05, 0) is 81.3 Å². The zero-order valence-electron chi connectivity index (χ0n) is 20.5. The van der Waals surface area contributed by atoms with Crippen molar-refractivity contribution in [3.05, 3.63) is 120 Å². The molecule has 0 radical (unpaired) electrons. The Balaban J connectivity index is 1.55. The van der Waals surface area contributed by atoms with Gasteiger partial charge in [-0.25, -0.2) is 13.8 Å². The van der Waals surface area contributed by atoms with E-state index in [1.165, 1.54) is 29.8 Å². The SMILES string of the molecule is CC(C)(C)c1ccc(/C=C/c2cnc3cc(-c4ccc(F)cc4)c(-c4ccc(F)cc4)cc3n2)cc1. The number of hydrogen-bond donors (Lipinski definition) is 0. The highest BCUT2D eigenvalue weighted by Gasteiger charge is 2.13. The molecule has 0 atom stereocenters. The highest BCUT2D eigenvalue weighted by atomic mass is 19.1. The molecule has 1 heterocycles. The number of benzene rings is 4. The largest absolute Gasteiger partial charge is 0.252 e. The summed E-state index contributed by atoms with van der Waals surface area (Å²) in [6.45, 7) is 6.60. The lowest BCUT2D eigenvalue weighted by molar-refractivity contribution is 0.590. The van der Waals surface area contributed by atoms with Gasteiger partial charge in [0.25, 0.3) is 0 Å². The van der Waals surface area contributed by atoms with Crippen LogP contribution in [0.15, 0.2) is 91.1 Å². The Morgan fingerprint density at radius 1 is 0.639 bits per heavy atom. The van der Waals surface area contributed by atoms with Gasteiger partial charge in [0.15, 0.2) is 0 Å². The molecule has 5 rings (SSSR count). The van der Waals surface area contributed by atoms with Crippen LogP contribution in [0, 0.1) is 11.6 Å². The molecule has 2 nitrogen and oxygen atoms in total. The molecular weight excluding hydrogens is 450 g/mol. The molecule has 0 bridgehead atoms. The van der Waals surface area contributed by atoms with E-state index in [0.29, 0.717) is 0 Å². The molecule has 1 aromatic heterocycles. The third-order valence-electron chi connectivity index (χ3n) is 6.23. The molecule has 0 aliphatic carbocycles. The van der Waals surface area contributed by atoms with Gasteiger partial charge in [-0.3, -0.25) is 4.98 Å². The first-order chi connectivity index (χ1) is 17.3. The number of rotatable bonds is 4. The first-order valence-corrected chi connectivity index (χ1v) is 11.9. The number of halogens is 2. The Bertz CT molecular complexity index is 1540. The molecule has 4 heteroatoms. The van der Waals surface area contributed by atoms with Gasteiger partial charge in [0.1, 0.15) is 11.6 Å². The van der Waals surface area contributed by atoms with Gasteiger partial charge >= 0.3 is 0 Å². The monoisotopic (exact) mass is 476 g/mol. The maximum absolute atomic E-state index is 13.6. The summed E-state index contributed by atoms with van der Waals surface area (Å²) in [5.41, 5.74) is 8.13. The Kier molecular flexibility index (Phi) is 6.19. The second kappa shape index (κ2) is 9.46. The molecular formula is C32H26F2N2. The van der Waals surface area contributed by atoms with Gasteiger partial charge in [-0.1, -0.05) is 75.4 Å². The van der Waals surface area contributed by atoms with Gasteiger partial charge in [-0.15, -0.1) is 0 Å². The van der Waals surface area contributed by atoms with E-state index in [2.05, 4.69) is 50.0 Å². The van der Waals surface area contributed by atoms with Crippen LogP contribution >= 0.6 is 0 Å². The topological polar surface area (TPSA) is 25.8 Å². The van der Waals surface area contributed by atoms with E-state index in [4.69, 9.17) is 4.98 Å². The van der Waals surface area contributed by atoms with Crippen molar-refractivity contribution in [1.82, 2.24) is 9.97 Å². The Morgan fingerprint density at radius 3 is 1.69 bits per heavy atom. The smallest absolute Gasteiger partial charge is 0.123 e. The number of hydrogen-bond acceptors (Lipinski definition) is 2. The maximum Gasteiger partial charge on any atom is 0.123 e. The molecule has 0 amide bonds.